The van der Waals surface area contributed by atoms with Gasteiger partial charge < -0.3 is 5.73 Å². The molecule has 19 heavy (non-hydrogen) atoms. The van der Waals surface area contributed by atoms with Crippen molar-refractivity contribution in [2.75, 3.05) is 6.54 Å². The second kappa shape index (κ2) is 6.17. The Morgan fingerprint density at radius 1 is 1.05 bits per heavy atom. The topological polar surface area (TPSA) is 26.0 Å². The van der Waals surface area contributed by atoms with Crippen LogP contribution in [0.2, 0.25) is 0 Å². The van der Waals surface area contributed by atoms with Gasteiger partial charge in [0.25, 0.3) is 0 Å². The molecule has 2 aromatic rings. The van der Waals surface area contributed by atoms with E-state index in [1.165, 1.54) is 17.8 Å². The van der Waals surface area contributed by atoms with Crippen LogP contribution < -0.4 is 5.73 Å². The molecular weight excluding hydrogens is 264 g/mol. The number of hydrogen-bond donors (Lipinski definition) is 1. The van der Waals surface area contributed by atoms with Crippen LogP contribution in [-0.4, -0.2) is 6.54 Å². The molecule has 0 saturated heterocycles. The van der Waals surface area contributed by atoms with Crippen LogP contribution >= 0.6 is 11.8 Å². The highest BCUT2D eigenvalue weighted by molar-refractivity contribution is 7.99. The van der Waals surface area contributed by atoms with Crippen molar-refractivity contribution in [1.29, 1.82) is 0 Å². The van der Waals surface area contributed by atoms with Crippen molar-refractivity contribution in [3.05, 3.63) is 59.2 Å². The zero-order valence-electron chi connectivity index (χ0n) is 10.6. The van der Waals surface area contributed by atoms with Gasteiger partial charge in [-0.15, -0.1) is 0 Å². The predicted molar refractivity (Wildman–Crippen MR) is 74.4 cm³/mol. The van der Waals surface area contributed by atoms with Gasteiger partial charge in [-0.25, -0.2) is 8.78 Å². The van der Waals surface area contributed by atoms with Crippen molar-refractivity contribution < 1.29 is 8.78 Å². The lowest BCUT2D eigenvalue weighted by Gasteiger charge is -2.09. The number of hydrogen-bond acceptors (Lipinski definition) is 2. The molecule has 2 rings (SSSR count). The summed E-state index contributed by atoms with van der Waals surface area (Å²) < 4.78 is 26.1. The smallest absolute Gasteiger partial charge is 0.159 e. The third kappa shape index (κ3) is 3.55. The van der Waals surface area contributed by atoms with E-state index in [0.29, 0.717) is 11.4 Å². The van der Waals surface area contributed by atoms with Crippen LogP contribution in [0.25, 0.3) is 0 Å². The van der Waals surface area contributed by atoms with E-state index in [4.69, 9.17) is 5.73 Å². The number of rotatable bonds is 4. The molecule has 4 heteroatoms. The maximum atomic E-state index is 13.2. The summed E-state index contributed by atoms with van der Waals surface area (Å²) in [6.45, 7) is 2.58. The predicted octanol–water partition coefficient (Wildman–Crippen LogP) is 3.93. The average Bonchev–Trinajstić information content (AvgIpc) is 2.37. The molecule has 100 valence electrons. The number of halogens is 2. The molecule has 2 N–H and O–H groups in total. The molecule has 0 fully saturated rings. The number of benzene rings is 2. The molecule has 0 radical (unpaired) electrons. The largest absolute Gasteiger partial charge is 0.330 e. The SMILES string of the molecule is Cc1ccc(Sc2ccc(F)c(F)c2)c(CCN)c1. The molecular formula is C15H15F2NS. The molecule has 0 heterocycles. The molecule has 0 aliphatic carbocycles. The van der Waals surface area contributed by atoms with Gasteiger partial charge in [0, 0.05) is 9.79 Å². The minimum Gasteiger partial charge on any atom is -0.330 e. The fourth-order valence-corrected chi connectivity index (χ4v) is 2.81. The first-order valence-corrected chi connectivity index (χ1v) is 6.84. The third-order valence-corrected chi connectivity index (χ3v) is 3.86. The summed E-state index contributed by atoms with van der Waals surface area (Å²) in [7, 11) is 0. The molecule has 0 aliphatic rings. The van der Waals surface area contributed by atoms with Gasteiger partial charge in [0.15, 0.2) is 11.6 Å². The quantitative estimate of drug-likeness (QED) is 0.917. The lowest BCUT2D eigenvalue weighted by atomic mass is 10.1. The van der Waals surface area contributed by atoms with E-state index in [9.17, 15) is 8.78 Å². The minimum atomic E-state index is -0.824. The Morgan fingerprint density at radius 2 is 1.84 bits per heavy atom. The maximum absolute atomic E-state index is 13.2. The summed E-state index contributed by atoms with van der Waals surface area (Å²) in [4.78, 5) is 1.71. The molecule has 0 unspecified atom stereocenters. The van der Waals surface area contributed by atoms with E-state index < -0.39 is 11.6 Å². The molecule has 1 nitrogen and oxygen atoms in total. The second-order valence-corrected chi connectivity index (χ2v) is 5.44. The molecule has 0 bridgehead atoms. The Bertz CT molecular complexity index is 584. The zero-order chi connectivity index (χ0) is 13.8. The van der Waals surface area contributed by atoms with Gasteiger partial charge in [0.05, 0.1) is 0 Å². The molecule has 2 aromatic carbocycles. The summed E-state index contributed by atoms with van der Waals surface area (Å²) in [5.41, 5.74) is 7.90. The number of aryl methyl sites for hydroxylation is 1. The standard InChI is InChI=1S/C15H15F2NS/c1-10-2-5-15(11(8-10)6-7-18)19-12-3-4-13(16)14(17)9-12/h2-5,8-9H,6-7,18H2,1H3. The van der Waals surface area contributed by atoms with Crippen molar-refractivity contribution in [1.82, 2.24) is 0 Å². The summed E-state index contributed by atoms with van der Waals surface area (Å²) >= 11 is 1.42. The van der Waals surface area contributed by atoms with Crippen molar-refractivity contribution >= 4 is 11.8 Å². The average molecular weight is 279 g/mol. The Labute approximate surface area is 115 Å². The molecule has 0 spiro atoms. The van der Waals surface area contributed by atoms with E-state index in [0.717, 1.165) is 28.5 Å². The normalized spacial score (nSPS) is 10.7. The third-order valence-electron chi connectivity index (χ3n) is 2.75. The van der Waals surface area contributed by atoms with Gasteiger partial charge in [-0.05, 0) is 49.7 Å². The zero-order valence-corrected chi connectivity index (χ0v) is 11.4. The number of nitrogens with two attached hydrogens (primary N) is 1. The molecule has 0 aliphatic heterocycles. The van der Waals surface area contributed by atoms with Crippen LogP contribution in [0.15, 0.2) is 46.2 Å². The van der Waals surface area contributed by atoms with Crippen LogP contribution in [0.4, 0.5) is 8.78 Å². The van der Waals surface area contributed by atoms with Gasteiger partial charge in [-0.3, -0.25) is 0 Å². The summed E-state index contributed by atoms with van der Waals surface area (Å²) in [5.74, 6) is -1.65. The lowest BCUT2D eigenvalue weighted by Crippen LogP contribution is -2.04. The van der Waals surface area contributed by atoms with Crippen molar-refractivity contribution in [3.8, 4) is 0 Å². The highest BCUT2D eigenvalue weighted by atomic mass is 32.2. The van der Waals surface area contributed by atoms with E-state index in [2.05, 4.69) is 6.07 Å². The Kier molecular flexibility index (Phi) is 4.56. The molecule has 0 saturated carbocycles. The van der Waals surface area contributed by atoms with Gasteiger partial charge in [0.2, 0.25) is 0 Å². The van der Waals surface area contributed by atoms with E-state index in [1.807, 2.05) is 19.1 Å². The van der Waals surface area contributed by atoms with Crippen molar-refractivity contribution in [2.24, 2.45) is 5.73 Å². The second-order valence-electron chi connectivity index (χ2n) is 4.33. The fourth-order valence-electron chi connectivity index (χ4n) is 1.83. The van der Waals surface area contributed by atoms with Crippen LogP contribution in [0.3, 0.4) is 0 Å². The Morgan fingerprint density at radius 3 is 2.53 bits per heavy atom. The van der Waals surface area contributed by atoms with Gasteiger partial charge in [-0.2, -0.15) is 0 Å². The van der Waals surface area contributed by atoms with Crippen molar-refractivity contribution in [3.63, 3.8) is 0 Å². The highest BCUT2D eigenvalue weighted by Crippen LogP contribution is 2.32. The Hall–Kier alpha value is -1.39. The first-order chi connectivity index (χ1) is 9.10. The summed E-state index contributed by atoms with van der Waals surface area (Å²) in [6, 6.07) is 10.0. The maximum Gasteiger partial charge on any atom is 0.159 e. The van der Waals surface area contributed by atoms with Gasteiger partial charge in [-0.1, -0.05) is 29.5 Å². The van der Waals surface area contributed by atoms with Gasteiger partial charge >= 0.3 is 0 Å². The van der Waals surface area contributed by atoms with E-state index in [1.54, 1.807) is 6.07 Å². The summed E-state index contributed by atoms with van der Waals surface area (Å²) in [5, 5.41) is 0. The highest BCUT2D eigenvalue weighted by Gasteiger charge is 2.07. The summed E-state index contributed by atoms with van der Waals surface area (Å²) in [6.07, 6.45) is 0.772. The van der Waals surface area contributed by atoms with Crippen LogP contribution in [0, 0.1) is 18.6 Å². The molecule has 0 amide bonds. The van der Waals surface area contributed by atoms with E-state index >= 15 is 0 Å². The Balaban J connectivity index is 2.29. The van der Waals surface area contributed by atoms with Crippen LogP contribution in [0.5, 0.6) is 0 Å². The van der Waals surface area contributed by atoms with Gasteiger partial charge in [0.1, 0.15) is 0 Å². The molecule has 0 atom stereocenters. The fraction of sp³-hybridized carbons (Fsp3) is 0.200. The minimum absolute atomic E-state index is 0.564. The lowest BCUT2D eigenvalue weighted by molar-refractivity contribution is 0.506. The van der Waals surface area contributed by atoms with Crippen molar-refractivity contribution in [2.45, 2.75) is 23.1 Å². The van der Waals surface area contributed by atoms with Crippen LogP contribution in [-0.2, 0) is 6.42 Å². The van der Waals surface area contributed by atoms with Crippen LogP contribution in [0.1, 0.15) is 11.1 Å². The van der Waals surface area contributed by atoms with E-state index in [-0.39, 0.29) is 0 Å². The molecule has 0 aromatic heterocycles. The first-order valence-electron chi connectivity index (χ1n) is 6.02. The monoisotopic (exact) mass is 279 g/mol. The first kappa shape index (κ1) is 14.0.